The average Bonchev–Trinajstić information content (AvgIpc) is 3.57. The first-order valence-corrected chi connectivity index (χ1v) is 14.4. The number of nitrogens with zero attached hydrogens (tertiary/aromatic N) is 4. The van der Waals surface area contributed by atoms with E-state index in [9.17, 15) is 14.7 Å². The smallest absolute Gasteiger partial charge is 0.339 e. The first-order valence-electron chi connectivity index (χ1n) is 14.4. The number of pyridine rings is 1. The minimum Gasteiger partial charge on any atom is -0.478 e. The molecule has 3 heterocycles. The van der Waals surface area contributed by atoms with Gasteiger partial charge in [0.25, 0.3) is 0 Å². The van der Waals surface area contributed by atoms with Crippen LogP contribution in [0.4, 0.5) is 5.82 Å². The largest absolute Gasteiger partial charge is 0.478 e. The van der Waals surface area contributed by atoms with Crippen LogP contribution in [0.3, 0.4) is 0 Å². The molecule has 6 rings (SSSR count). The normalized spacial score (nSPS) is 16.2. The van der Waals surface area contributed by atoms with E-state index >= 15 is 0 Å². The number of aromatic carboxylic acids is 1. The van der Waals surface area contributed by atoms with E-state index in [4.69, 9.17) is 4.98 Å². The quantitative estimate of drug-likeness (QED) is 0.287. The topological polar surface area (TPSA) is 100 Å². The first-order chi connectivity index (χ1) is 20.2. The van der Waals surface area contributed by atoms with Gasteiger partial charge in [0.05, 0.1) is 23.6 Å². The van der Waals surface area contributed by atoms with Gasteiger partial charge >= 0.3 is 5.97 Å². The average molecular weight is 562 g/mol. The maximum Gasteiger partial charge on any atom is 0.339 e. The molecule has 1 aliphatic heterocycles. The summed E-state index contributed by atoms with van der Waals surface area (Å²) >= 11 is 0. The molecule has 1 atom stereocenters. The van der Waals surface area contributed by atoms with Crippen molar-refractivity contribution in [3.05, 3.63) is 100 Å². The number of hydrogen-bond acceptors (Lipinski definition) is 5. The van der Waals surface area contributed by atoms with Crippen LogP contribution < -0.4 is 5.32 Å². The highest BCUT2D eigenvalue weighted by Gasteiger charge is 2.27. The SMILES string of the molecule is CC(=O)N1CC=C(c2ccc(NC3CCc4cccc(-c5ccc(C)c(-n6ncc(C(=O)O)c6C)c5)c43)nc2C)CC1. The Morgan fingerprint density at radius 1 is 1.02 bits per heavy atom. The summed E-state index contributed by atoms with van der Waals surface area (Å²) in [7, 11) is 0. The first kappa shape index (κ1) is 27.4. The predicted octanol–water partition coefficient (Wildman–Crippen LogP) is 6.29. The summed E-state index contributed by atoms with van der Waals surface area (Å²) in [5.41, 5.74) is 10.9. The lowest BCUT2D eigenvalue weighted by atomic mass is 9.93. The molecule has 2 aliphatic rings. The van der Waals surface area contributed by atoms with Crippen LogP contribution in [-0.4, -0.2) is 49.7 Å². The van der Waals surface area contributed by atoms with Gasteiger partial charge in [-0.15, -0.1) is 0 Å². The van der Waals surface area contributed by atoms with Crippen molar-refractivity contribution in [2.75, 3.05) is 18.4 Å². The van der Waals surface area contributed by atoms with E-state index in [1.807, 2.05) is 18.7 Å². The molecule has 0 saturated heterocycles. The van der Waals surface area contributed by atoms with Crippen LogP contribution in [0.2, 0.25) is 0 Å². The second-order valence-corrected chi connectivity index (χ2v) is 11.2. The number of aryl methyl sites for hydroxylation is 3. The Balaban J connectivity index is 1.29. The Morgan fingerprint density at radius 3 is 2.55 bits per heavy atom. The van der Waals surface area contributed by atoms with Gasteiger partial charge in [-0.25, -0.2) is 14.5 Å². The number of carboxylic acid groups (broad SMARTS) is 1. The van der Waals surface area contributed by atoms with E-state index in [0.717, 1.165) is 65.3 Å². The summed E-state index contributed by atoms with van der Waals surface area (Å²) in [5, 5.41) is 17.6. The molecule has 8 heteroatoms. The number of hydrogen-bond donors (Lipinski definition) is 2. The molecule has 214 valence electrons. The zero-order valence-electron chi connectivity index (χ0n) is 24.4. The van der Waals surface area contributed by atoms with Crippen LogP contribution in [0.1, 0.15) is 69.8 Å². The molecule has 0 spiro atoms. The van der Waals surface area contributed by atoms with Crippen LogP contribution in [-0.2, 0) is 11.2 Å². The summed E-state index contributed by atoms with van der Waals surface area (Å²) in [5.74, 6) is -0.0143. The maximum absolute atomic E-state index is 11.7. The summed E-state index contributed by atoms with van der Waals surface area (Å²) < 4.78 is 1.72. The van der Waals surface area contributed by atoms with Crippen molar-refractivity contribution in [1.29, 1.82) is 0 Å². The molecule has 8 nitrogen and oxygen atoms in total. The highest BCUT2D eigenvalue weighted by molar-refractivity contribution is 5.88. The Bertz CT molecular complexity index is 1750. The van der Waals surface area contributed by atoms with Gasteiger partial charge in [-0.3, -0.25) is 4.79 Å². The molecule has 0 fully saturated rings. The molecule has 1 unspecified atom stereocenters. The molecule has 42 heavy (non-hydrogen) atoms. The Labute approximate surface area is 245 Å². The number of fused-ring (bicyclic) bond motifs is 1. The van der Waals surface area contributed by atoms with Crippen LogP contribution >= 0.6 is 0 Å². The third-order valence-corrected chi connectivity index (χ3v) is 8.64. The molecule has 0 bridgehead atoms. The Kier molecular flexibility index (Phi) is 7.14. The predicted molar refractivity (Wildman–Crippen MR) is 164 cm³/mol. The van der Waals surface area contributed by atoms with Gasteiger partial charge in [0.1, 0.15) is 11.4 Å². The fraction of sp³-hybridized carbons (Fsp3) is 0.294. The van der Waals surface area contributed by atoms with Gasteiger partial charge in [-0.2, -0.15) is 5.10 Å². The number of rotatable bonds is 6. The number of benzene rings is 2. The maximum atomic E-state index is 11.7. The molecule has 4 aromatic rings. The second-order valence-electron chi connectivity index (χ2n) is 11.2. The lowest BCUT2D eigenvalue weighted by molar-refractivity contribution is -0.128. The van der Waals surface area contributed by atoms with Crippen molar-refractivity contribution < 1.29 is 14.7 Å². The van der Waals surface area contributed by atoms with Crippen molar-refractivity contribution in [1.82, 2.24) is 19.7 Å². The molecular formula is C34H35N5O3. The summed E-state index contributed by atoms with van der Waals surface area (Å²) in [6, 6.07) is 17.1. The van der Waals surface area contributed by atoms with E-state index in [-0.39, 0.29) is 17.5 Å². The highest BCUT2D eigenvalue weighted by Crippen LogP contribution is 2.41. The van der Waals surface area contributed by atoms with Crippen molar-refractivity contribution in [3.63, 3.8) is 0 Å². The van der Waals surface area contributed by atoms with E-state index in [1.54, 1.807) is 18.5 Å². The lowest BCUT2D eigenvalue weighted by Gasteiger charge is -2.26. The van der Waals surface area contributed by atoms with Crippen LogP contribution in [0.15, 0.2) is 60.8 Å². The monoisotopic (exact) mass is 561 g/mol. The zero-order chi connectivity index (χ0) is 29.5. The molecule has 2 aromatic carbocycles. The van der Waals surface area contributed by atoms with Crippen molar-refractivity contribution in [2.24, 2.45) is 0 Å². The number of carbonyl (C=O) groups is 2. The summed E-state index contributed by atoms with van der Waals surface area (Å²) in [4.78, 5) is 30.1. The van der Waals surface area contributed by atoms with Gasteiger partial charge in [0.2, 0.25) is 5.91 Å². The molecule has 0 radical (unpaired) electrons. The van der Waals surface area contributed by atoms with E-state index < -0.39 is 5.97 Å². The number of anilines is 1. The third kappa shape index (κ3) is 4.98. The number of carboxylic acids is 1. The number of nitrogens with one attached hydrogen (secondary N) is 1. The molecule has 0 saturated carbocycles. The molecule has 2 N–H and O–H groups in total. The minimum atomic E-state index is -0.977. The third-order valence-electron chi connectivity index (χ3n) is 8.64. The van der Waals surface area contributed by atoms with E-state index in [1.165, 1.54) is 22.9 Å². The van der Waals surface area contributed by atoms with Gasteiger partial charge < -0.3 is 15.3 Å². The van der Waals surface area contributed by atoms with Gasteiger partial charge in [-0.05, 0) is 97.2 Å². The van der Waals surface area contributed by atoms with Crippen molar-refractivity contribution in [2.45, 2.75) is 53.0 Å². The molecule has 1 amide bonds. The van der Waals surface area contributed by atoms with Gasteiger partial charge in [-0.1, -0.05) is 36.4 Å². The van der Waals surface area contributed by atoms with Crippen LogP contribution in [0.5, 0.6) is 0 Å². The molecular weight excluding hydrogens is 526 g/mol. The number of aromatic nitrogens is 3. The fourth-order valence-corrected chi connectivity index (χ4v) is 6.31. The molecule has 1 aliphatic carbocycles. The standard InChI is InChI=1S/C34H35N5O3/c1-20-8-9-26(18-31(20)39-22(3)29(19-35-39)34(41)42)28-7-5-6-25-10-12-30(33(25)28)37-32-13-11-27(21(2)36-32)24-14-16-38(17-15-24)23(4)40/h5-9,11,13-14,18-19,30H,10,12,15-17H2,1-4H3,(H,36,37)(H,41,42). The summed E-state index contributed by atoms with van der Waals surface area (Å²) in [6.45, 7) is 8.85. The van der Waals surface area contributed by atoms with E-state index in [0.29, 0.717) is 12.2 Å². The number of amides is 1. The van der Waals surface area contributed by atoms with Crippen LogP contribution in [0, 0.1) is 20.8 Å². The van der Waals surface area contributed by atoms with Gasteiger partial charge in [0, 0.05) is 25.7 Å². The highest BCUT2D eigenvalue weighted by atomic mass is 16.4. The van der Waals surface area contributed by atoms with Crippen LogP contribution in [0.25, 0.3) is 22.4 Å². The summed E-state index contributed by atoms with van der Waals surface area (Å²) in [6.07, 6.45) is 6.35. The van der Waals surface area contributed by atoms with Gasteiger partial charge in [0.15, 0.2) is 0 Å². The van der Waals surface area contributed by atoms with Crippen molar-refractivity contribution >= 4 is 23.3 Å². The second kappa shape index (κ2) is 10.9. The fourth-order valence-electron chi connectivity index (χ4n) is 6.31. The number of carbonyl (C=O) groups excluding carboxylic acids is 1. The zero-order valence-corrected chi connectivity index (χ0v) is 24.4. The lowest BCUT2D eigenvalue weighted by Crippen LogP contribution is -2.32. The van der Waals surface area contributed by atoms with Crippen molar-refractivity contribution in [3.8, 4) is 16.8 Å². The Morgan fingerprint density at radius 2 is 1.86 bits per heavy atom. The minimum absolute atomic E-state index is 0.113. The Hall–Kier alpha value is -4.72. The van der Waals surface area contributed by atoms with E-state index in [2.05, 4.69) is 65.0 Å². The molecule has 2 aromatic heterocycles.